The second-order valence-electron chi connectivity index (χ2n) is 5.31. The highest BCUT2D eigenvalue weighted by molar-refractivity contribution is 6.30. The highest BCUT2D eigenvalue weighted by Gasteiger charge is 2.16. The van der Waals surface area contributed by atoms with Crippen molar-refractivity contribution in [2.75, 3.05) is 6.61 Å². The van der Waals surface area contributed by atoms with Crippen LogP contribution in [-0.2, 0) is 0 Å². The third-order valence-corrected chi connectivity index (χ3v) is 3.16. The van der Waals surface area contributed by atoms with Crippen LogP contribution >= 0.6 is 11.6 Å². The average molecular weight is 282 g/mol. The number of rotatable bonds is 6. The van der Waals surface area contributed by atoms with Crippen LogP contribution in [0.4, 0.5) is 0 Å². The van der Waals surface area contributed by atoms with E-state index in [0.717, 1.165) is 12.8 Å². The SMILES string of the molecule is C[C@@H](O)c1cc(Cl)ccc1OCCCC(C)(C)C#N. The molecule has 0 aliphatic rings. The largest absolute Gasteiger partial charge is 0.493 e. The molecule has 0 bridgehead atoms. The maximum absolute atomic E-state index is 9.67. The standard InChI is InChI=1S/C15H20ClNO2/c1-11(18)13-9-12(16)5-6-14(13)19-8-4-7-15(2,3)10-17/h5-6,9,11,18H,4,7-8H2,1-3H3/t11-/m1/s1. The van der Waals surface area contributed by atoms with Crippen molar-refractivity contribution in [1.82, 2.24) is 0 Å². The number of hydrogen-bond acceptors (Lipinski definition) is 3. The van der Waals surface area contributed by atoms with E-state index in [-0.39, 0.29) is 5.41 Å². The van der Waals surface area contributed by atoms with Gasteiger partial charge in [0.05, 0.1) is 24.2 Å². The number of halogens is 1. The van der Waals surface area contributed by atoms with Gasteiger partial charge in [0, 0.05) is 10.6 Å². The number of aliphatic hydroxyl groups excluding tert-OH is 1. The molecule has 0 heterocycles. The van der Waals surface area contributed by atoms with Gasteiger partial charge in [0.15, 0.2) is 0 Å². The molecule has 0 aliphatic heterocycles. The summed E-state index contributed by atoms with van der Waals surface area (Å²) in [5, 5.41) is 19.2. The zero-order valence-corrected chi connectivity index (χ0v) is 12.4. The summed E-state index contributed by atoms with van der Waals surface area (Å²) in [7, 11) is 0. The normalized spacial score (nSPS) is 12.8. The molecule has 0 saturated carbocycles. The number of nitrogens with zero attached hydrogens (tertiary/aromatic N) is 1. The summed E-state index contributed by atoms with van der Waals surface area (Å²) >= 11 is 5.90. The number of benzene rings is 1. The molecule has 1 aromatic carbocycles. The molecule has 3 nitrogen and oxygen atoms in total. The van der Waals surface area contributed by atoms with Crippen molar-refractivity contribution in [3.05, 3.63) is 28.8 Å². The lowest BCUT2D eigenvalue weighted by Crippen LogP contribution is -2.10. The predicted octanol–water partition coefficient (Wildman–Crippen LogP) is 4.10. The van der Waals surface area contributed by atoms with Gasteiger partial charge < -0.3 is 9.84 Å². The van der Waals surface area contributed by atoms with Gasteiger partial charge in [-0.2, -0.15) is 5.26 Å². The first-order valence-corrected chi connectivity index (χ1v) is 6.75. The molecule has 0 aromatic heterocycles. The first-order valence-electron chi connectivity index (χ1n) is 6.37. The molecular formula is C15H20ClNO2. The van der Waals surface area contributed by atoms with E-state index in [4.69, 9.17) is 21.6 Å². The van der Waals surface area contributed by atoms with Gasteiger partial charge in [-0.05, 0) is 51.8 Å². The van der Waals surface area contributed by atoms with Gasteiger partial charge in [-0.15, -0.1) is 0 Å². The first kappa shape index (κ1) is 15.8. The van der Waals surface area contributed by atoms with Crippen LogP contribution in [0.25, 0.3) is 0 Å². The van der Waals surface area contributed by atoms with E-state index in [1.165, 1.54) is 0 Å². The Hall–Kier alpha value is -1.24. The lowest BCUT2D eigenvalue weighted by Gasteiger charge is -2.17. The zero-order valence-electron chi connectivity index (χ0n) is 11.6. The Kier molecular flexibility index (Phi) is 5.65. The summed E-state index contributed by atoms with van der Waals surface area (Å²) in [6.07, 6.45) is 0.952. The fourth-order valence-electron chi connectivity index (χ4n) is 1.73. The highest BCUT2D eigenvalue weighted by Crippen LogP contribution is 2.29. The van der Waals surface area contributed by atoms with Crippen molar-refractivity contribution in [2.24, 2.45) is 5.41 Å². The van der Waals surface area contributed by atoms with Gasteiger partial charge in [0.1, 0.15) is 5.75 Å². The molecule has 104 valence electrons. The van der Waals surface area contributed by atoms with Crippen LogP contribution < -0.4 is 4.74 Å². The smallest absolute Gasteiger partial charge is 0.125 e. The van der Waals surface area contributed by atoms with Crippen LogP contribution in [0.3, 0.4) is 0 Å². The van der Waals surface area contributed by atoms with Gasteiger partial charge in [0.2, 0.25) is 0 Å². The van der Waals surface area contributed by atoms with E-state index >= 15 is 0 Å². The maximum Gasteiger partial charge on any atom is 0.125 e. The topological polar surface area (TPSA) is 53.2 Å². The van der Waals surface area contributed by atoms with Crippen molar-refractivity contribution in [3.8, 4) is 11.8 Å². The second-order valence-corrected chi connectivity index (χ2v) is 5.74. The van der Waals surface area contributed by atoms with Gasteiger partial charge in [-0.1, -0.05) is 11.6 Å². The van der Waals surface area contributed by atoms with E-state index in [0.29, 0.717) is 22.9 Å². The molecular weight excluding hydrogens is 262 g/mol. The van der Waals surface area contributed by atoms with Crippen LogP contribution in [0, 0.1) is 16.7 Å². The summed E-state index contributed by atoms with van der Waals surface area (Å²) < 4.78 is 5.67. The summed E-state index contributed by atoms with van der Waals surface area (Å²) in [6.45, 7) is 6.02. The fourth-order valence-corrected chi connectivity index (χ4v) is 1.91. The lowest BCUT2D eigenvalue weighted by molar-refractivity contribution is 0.190. The molecule has 1 aromatic rings. The second kappa shape index (κ2) is 6.79. The molecule has 0 fully saturated rings. The Morgan fingerprint density at radius 1 is 1.47 bits per heavy atom. The van der Waals surface area contributed by atoms with Crippen molar-refractivity contribution in [1.29, 1.82) is 5.26 Å². The van der Waals surface area contributed by atoms with E-state index in [2.05, 4.69) is 6.07 Å². The van der Waals surface area contributed by atoms with E-state index in [9.17, 15) is 5.11 Å². The minimum Gasteiger partial charge on any atom is -0.493 e. The average Bonchev–Trinajstić information content (AvgIpc) is 2.36. The molecule has 19 heavy (non-hydrogen) atoms. The quantitative estimate of drug-likeness (QED) is 0.799. The molecule has 4 heteroatoms. The van der Waals surface area contributed by atoms with E-state index < -0.39 is 6.10 Å². The fraction of sp³-hybridized carbons (Fsp3) is 0.533. The lowest BCUT2D eigenvalue weighted by atomic mass is 9.90. The van der Waals surface area contributed by atoms with Gasteiger partial charge in [-0.25, -0.2) is 0 Å². The van der Waals surface area contributed by atoms with Gasteiger partial charge >= 0.3 is 0 Å². The van der Waals surface area contributed by atoms with Crippen LogP contribution in [0.5, 0.6) is 5.75 Å². The summed E-state index contributed by atoms with van der Waals surface area (Å²) in [6, 6.07) is 7.47. The van der Waals surface area contributed by atoms with Crippen LogP contribution in [0.15, 0.2) is 18.2 Å². The Morgan fingerprint density at radius 3 is 2.74 bits per heavy atom. The number of hydrogen-bond donors (Lipinski definition) is 1. The van der Waals surface area contributed by atoms with Crippen molar-refractivity contribution in [2.45, 2.75) is 39.7 Å². The monoisotopic (exact) mass is 281 g/mol. The molecule has 1 atom stereocenters. The zero-order chi connectivity index (χ0) is 14.5. The Labute approximate surface area is 119 Å². The summed E-state index contributed by atoms with van der Waals surface area (Å²) in [5.74, 6) is 0.647. The van der Waals surface area contributed by atoms with Crippen LogP contribution in [-0.4, -0.2) is 11.7 Å². The predicted molar refractivity (Wildman–Crippen MR) is 76.2 cm³/mol. The minimum atomic E-state index is -0.621. The molecule has 0 unspecified atom stereocenters. The van der Waals surface area contributed by atoms with Gasteiger partial charge in [-0.3, -0.25) is 0 Å². The van der Waals surface area contributed by atoms with Crippen LogP contribution in [0.1, 0.15) is 45.3 Å². The number of nitriles is 1. The van der Waals surface area contributed by atoms with Gasteiger partial charge in [0.25, 0.3) is 0 Å². The van der Waals surface area contributed by atoms with Crippen molar-refractivity contribution >= 4 is 11.6 Å². The molecule has 0 radical (unpaired) electrons. The number of aliphatic hydroxyl groups is 1. The number of ether oxygens (including phenoxy) is 1. The highest BCUT2D eigenvalue weighted by atomic mass is 35.5. The van der Waals surface area contributed by atoms with Crippen LogP contribution in [0.2, 0.25) is 5.02 Å². The van der Waals surface area contributed by atoms with Crippen molar-refractivity contribution < 1.29 is 9.84 Å². The third-order valence-electron chi connectivity index (χ3n) is 2.93. The Bertz CT molecular complexity index is 464. The summed E-state index contributed by atoms with van der Waals surface area (Å²) in [5.41, 5.74) is 0.364. The molecule has 0 saturated heterocycles. The van der Waals surface area contributed by atoms with Crippen molar-refractivity contribution in [3.63, 3.8) is 0 Å². The van der Waals surface area contributed by atoms with E-state index in [1.54, 1.807) is 25.1 Å². The molecule has 0 spiro atoms. The Morgan fingerprint density at radius 2 is 2.16 bits per heavy atom. The minimum absolute atomic E-state index is 0.323. The molecule has 1 rings (SSSR count). The summed E-state index contributed by atoms with van der Waals surface area (Å²) in [4.78, 5) is 0. The molecule has 1 N–H and O–H groups in total. The first-order chi connectivity index (χ1) is 8.85. The van der Waals surface area contributed by atoms with E-state index in [1.807, 2.05) is 13.8 Å². The Balaban J connectivity index is 2.57. The molecule has 0 aliphatic carbocycles. The maximum atomic E-state index is 9.67. The molecule has 0 amide bonds. The third kappa shape index (κ3) is 5.10.